The van der Waals surface area contributed by atoms with Gasteiger partial charge in [0.25, 0.3) is 0 Å². The zero-order valence-corrected chi connectivity index (χ0v) is 17.4. The summed E-state index contributed by atoms with van der Waals surface area (Å²) in [5.41, 5.74) is 1.90. The Morgan fingerprint density at radius 2 is 1.59 bits per heavy atom. The summed E-state index contributed by atoms with van der Waals surface area (Å²) in [6.07, 6.45) is 1.61. The van der Waals surface area contributed by atoms with Gasteiger partial charge in [0.1, 0.15) is 0 Å². The number of amides is 1. The van der Waals surface area contributed by atoms with Crippen molar-refractivity contribution in [3.63, 3.8) is 0 Å². The first-order chi connectivity index (χ1) is 14.0. The predicted octanol–water partition coefficient (Wildman–Crippen LogP) is 2.31. The van der Waals surface area contributed by atoms with E-state index >= 15 is 0 Å². The van der Waals surface area contributed by atoms with Crippen LogP contribution in [0.5, 0.6) is 0 Å². The van der Waals surface area contributed by atoms with Gasteiger partial charge in [-0.2, -0.15) is 4.31 Å². The molecule has 0 unspecified atom stereocenters. The van der Waals surface area contributed by atoms with Crippen LogP contribution in [0.4, 0.5) is 0 Å². The van der Waals surface area contributed by atoms with E-state index in [-0.39, 0.29) is 11.9 Å². The van der Waals surface area contributed by atoms with Crippen LogP contribution in [0.25, 0.3) is 6.08 Å². The van der Waals surface area contributed by atoms with Crippen molar-refractivity contribution in [1.82, 2.24) is 14.5 Å². The molecule has 0 aromatic heterocycles. The van der Waals surface area contributed by atoms with Gasteiger partial charge in [0.05, 0.1) is 6.04 Å². The molecule has 1 heterocycles. The average molecular weight is 414 g/mol. The topological polar surface area (TPSA) is 69.7 Å². The van der Waals surface area contributed by atoms with Crippen LogP contribution in [0.15, 0.2) is 66.1 Å². The second-order valence-electron chi connectivity index (χ2n) is 7.07. The van der Waals surface area contributed by atoms with E-state index in [4.69, 9.17) is 0 Å². The van der Waals surface area contributed by atoms with Gasteiger partial charge >= 0.3 is 0 Å². The Morgan fingerprint density at radius 3 is 2.21 bits per heavy atom. The fourth-order valence-corrected chi connectivity index (χ4v) is 4.43. The third kappa shape index (κ3) is 6.00. The molecule has 0 saturated carbocycles. The summed E-state index contributed by atoms with van der Waals surface area (Å²) in [7, 11) is -3.47. The van der Waals surface area contributed by atoms with Crippen LogP contribution < -0.4 is 5.32 Å². The molecule has 1 amide bonds. The molecule has 0 bridgehead atoms. The number of nitrogens with zero attached hydrogens (tertiary/aromatic N) is 2. The van der Waals surface area contributed by atoms with Crippen molar-refractivity contribution < 1.29 is 13.2 Å². The normalized spacial score (nSPS) is 17.3. The highest BCUT2D eigenvalue weighted by Gasteiger charge is 2.29. The second-order valence-corrected chi connectivity index (χ2v) is 8.89. The molecule has 6 nitrogen and oxygen atoms in total. The van der Waals surface area contributed by atoms with E-state index in [0.29, 0.717) is 32.7 Å². The molecule has 29 heavy (non-hydrogen) atoms. The minimum absolute atomic E-state index is 0.0471. The van der Waals surface area contributed by atoms with Crippen molar-refractivity contribution in [1.29, 1.82) is 0 Å². The molecule has 0 spiro atoms. The standard InChI is InChI=1S/C22H27N3O3S/c1-19(22(26)23-18-21-10-6-3-7-11-21)24-13-15-25(16-14-24)29(27,28)17-12-20-8-4-2-5-9-20/h2-12,17,19H,13-16,18H2,1H3,(H,23,26)/b17-12-/t19-/m0/s1. The summed E-state index contributed by atoms with van der Waals surface area (Å²) >= 11 is 0. The first-order valence-corrected chi connectivity index (χ1v) is 11.2. The van der Waals surface area contributed by atoms with Crippen LogP contribution in [-0.2, 0) is 21.4 Å². The SMILES string of the molecule is C[C@@H](C(=O)NCc1ccccc1)N1CCN(S(=O)(=O)/C=C\c2ccccc2)CC1. The minimum Gasteiger partial charge on any atom is -0.351 e. The number of carbonyl (C=O) groups is 1. The van der Waals surface area contributed by atoms with Crippen molar-refractivity contribution >= 4 is 22.0 Å². The van der Waals surface area contributed by atoms with Crippen LogP contribution in [0.1, 0.15) is 18.1 Å². The molecule has 2 aromatic rings. The van der Waals surface area contributed by atoms with E-state index in [2.05, 4.69) is 5.32 Å². The Morgan fingerprint density at radius 1 is 1.00 bits per heavy atom. The number of hydrogen-bond donors (Lipinski definition) is 1. The lowest BCUT2D eigenvalue weighted by atomic mass is 10.2. The molecular formula is C22H27N3O3S. The van der Waals surface area contributed by atoms with Gasteiger partial charge in [0, 0.05) is 38.1 Å². The minimum atomic E-state index is -3.47. The molecule has 1 saturated heterocycles. The summed E-state index contributed by atoms with van der Waals surface area (Å²) < 4.78 is 26.6. The fraction of sp³-hybridized carbons (Fsp3) is 0.318. The number of piperazine rings is 1. The molecule has 154 valence electrons. The van der Waals surface area contributed by atoms with Crippen molar-refractivity contribution in [2.24, 2.45) is 0 Å². The Labute approximate surface area is 172 Å². The van der Waals surface area contributed by atoms with Crippen LogP contribution in [-0.4, -0.2) is 55.8 Å². The largest absolute Gasteiger partial charge is 0.351 e. The van der Waals surface area contributed by atoms with E-state index in [9.17, 15) is 13.2 Å². The lowest BCUT2D eigenvalue weighted by Gasteiger charge is -2.36. The van der Waals surface area contributed by atoms with Crippen LogP contribution in [0, 0.1) is 0 Å². The summed E-state index contributed by atoms with van der Waals surface area (Å²) in [4.78, 5) is 14.5. The number of benzene rings is 2. The smallest absolute Gasteiger partial charge is 0.237 e. The Bertz CT molecular complexity index is 922. The van der Waals surface area contributed by atoms with Gasteiger partial charge in [-0.1, -0.05) is 60.7 Å². The molecule has 1 aliphatic heterocycles. The molecule has 1 N–H and O–H groups in total. The summed E-state index contributed by atoms with van der Waals surface area (Å²) in [6, 6.07) is 18.8. The maximum Gasteiger partial charge on any atom is 0.237 e. The van der Waals surface area contributed by atoms with Crippen molar-refractivity contribution in [3.8, 4) is 0 Å². The zero-order chi connectivity index (χ0) is 20.7. The maximum atomic E-state index is 12.6. The van der Waals surface area contributed by atoms with E-state index in [1.165, 1.54) is 9.71 Å². The van der Waals surface area contributed by atoms with Gasteiger partial charge in [0.2, 0.25) is 15.9 Å². The van der Waals surface area contributed by atoms with Gasteiger partial charge in [-0.25, -0.2) is 8.42 Å². The first-order valence-electron chi connectivity index (χ1n) is 9.75. The lowest BCUT2D eigenvalue weighted by molar-refractivity contribution is -0.126. The highest BCUT2D eigenvalue weighted by atomic mass is 32.2. The molecule has 1 fully saturated rings. The van der Waals surface area contributed by atoms with Gasteiger partial charge in [-0.3, -0.25) is 9.69 Å². The zero-order valence-electron chi connectivity index (χ0n) is 16.6. The Balaban J connectivity index is 1.50. The quantitative estimate of drug-likeness (QED) is 0.756. The molecule has 7 heteroatoms. The molecule has 3 rings (SSSR count). The fourth-order valence-electron chi connectivity index (χ4n) is 3.26. The number of rotatable bonds is 7. The highest BCUT2D eigenvalue weighted by Crippen LogP contribution is 2.13. The number of nitrogens with one attached hydrogen (secondary N) is 1. The lowest BCUT2D eigenvalue weighted by Crippen LogP contribution is -2.54. The van der Waals surface area contributed by atoms with Gasteiger partial charge < -0.3 is 5.32 Å². The van der Waals surface area contributed by atoms with Crippen LogP contribution in [0.2, 0.25) is 0 Å². The molecule has 1 aliphatic rings. The van der Waals surface area contributed by atoms with Crippen LogP contribution >= 0.6 is 0 Å². The molecule has 0 radical (unpaired) electrons. The van der Waals surface area contributed by atoms with E-state index in [1.807, 2.05) is 72.5 Å². The van der Waals surface area contributed by atoms with Crippen molar-refractivity contribution in [3.05, 3.63) is 77.2 Å². The monoisotopic (exact) mass is 413 g/mol. The molecule has 0 aliphatic carbocycles. The third-order valence-corrected chi connectivity index (χ3v) is 6.67. The van der Waals surface area contributed by atoms with Gasteiger partial charge in [-0.05, 0) is 24.1 Å². The highest BCUT2D eigenvalue weighted by molar-refractivity contribution is 7.92. The number of sulfonamides is 1. The first kappa shape index (κ1) is 21.2. The number of carbonyl (C=O) groups excluding carboxylic acids is 1. The van der Waals surface area contributed by atoms with E-state index in [1.54, 1.807) is 6.08 Å². The van der Waals surface area contributed by atoms with Gasteiger partial charge in [0.15, 0.2) is 0 Å². The average Bonchev–Trinajstić information content (AvgIpc) is 2.77. The predicted molar refractivity (Wildman–Crippen MR) is 115 cm³/mol. The third-order valence-electron chi connectivity index (χ3n) is 5.10. The van der Waals surface area contributed by atoms with Crippen molar-refractivity contribution in [2.75, 3.05) is 26.2 Å². The summed E-state index contributed by atoms with van der Waals surface area (Å²) in [6.45, 7) is 4.15. The number of hydrogen-bond acceptors (Lipinski definition) is 4. The summed E-state index contributed by atoms with van der Waals surface area (Å²) in [5, 5.41) is 4.21. The Kier molecular flexibility index (Phi) is 7.19. The van der Waals surface area contributed by atoms with Crippen molar-refractivity contribution in [2.45, 2.75) is 19.5 Å². The molecule has 1 atom stereocenters. The van der Waals surface area contributed by atoms with Gasteiger partial charge in [-0.15, -0.1) is 0 Å². The molecule has 2 aromatic carbocycles. The maximum absolute atomic E-state index is 12.6. The summed E-state index contributed by atoms with van der Waals surface area (Å²) in [5.74, 6) is -0.0471. The van der Waals surface area contributed by atoms with E-state index in [0.717, 1.165) is 11.1 Å². The second kappa shape index (κ2) is 9.82. The van der Waals surface area contributed by atoms with E-state index < -0.39 is 10.0 Å². The molecular weight excluding hydrogens is 386 g/mol. The Hall–Kier alpha value is -2.48. The van der Waals surface area contributed by atoms with Crippen LogP contribution in [0.3, 0.4) is 0 Å².